The summed E-state index contributed by atoms with van der Waals surface area (Å²) in [5.41, 5.74) is 1.11. The zero-order valence-corrected chi connectivity index (χ0v) is 16.3. The first-order valence-corrected chi connectivity index (χ1v) is 10.2. The number of methoxy groups -OCH3 is 1. The fraction of sp³-hybridized carbons (Fsp3) is 0.389. The minimum absolute atomic E-state index is 0.143. The third kappa shape index (κ3) is 5.22. The molecule has 6 nitrogen and oxygen atoms in total. The molecule has 0 radical (unpaired) electrons. The molecule has 3 rings (SSSR count). The number of nitrogens with one attached hydrogen (secondary N) is 1. The van der Waals surface area contributed by atoms with Crippen LogP contribution in [0.2, 0.25) is 0 Å². The van der Waals surface area contributed by atoms with Crippen LogP contribution in [0.4, 0.5) is 5.13 Å². The molecule has 0 spiro atoms. The Morgan fingerprint density at radius 1 is 1.42 bits per heavy atom. The average Bonchev–Trinajstić information content (AvgIpc) is 3.41. The lowest BCUT2D eigenvalue weighted by molar-refractivity contribution is -0.129. The summed E-state index contributed by atoms with van der Waals surface area (Å²) in [5.74, 6) is 1.35. The standard InChI is InChI=1S/C18H22N4O2S2/c1-3-10-19-17-20-21-18(26-17)25-12-16(23)22(14-6-7-14)11-13-4-8-15(24-2)9-5-13/h3-5,8-9,14H,1,6-7,10-12H2,2H3,(H,19,20). The lowest BCUT2D eigenvalue weighted by Gasteiger charge is -2.22. The molecule has 1 heterocycles. The predicted molar refractivity (Wildman–Crippen MR) is 106 cm³/mol. The monoisotopic (exact) mass is 390 g/mol. The first-order chi connectivity index (χ1) is 12.7. The molecular formula is C18H22N4O2S2. The van der Waals surface area contributed by atoms with Crippen molar-refractivity contribution in [2.75, 3.05) is 24.7 Å². The summed E-state index contributed by atoms with van der Waals surface area (Å²) in [5, 5.41) is 12.0. The van der Waals surface area contributed by atoms with E-state index in [1.54, 1.807) is 13.2 Å². The molecule has 2 aromatic rings. The maximum Gasteiger partial charge on any atom is 0.233 e. The molecule has 0 bridgehead atoms. The van der Waals surface area contributed by atoms with Crippen molar-refractivity contribution in [3.05, 3.63) is 42.5 Å². The Kier molecular flexibility index (Phi) is 6.51. The summed E-state index contributed by atoms with van der Waals surface area (Å²) in [4.78, 5) is 14.7. The molecule has 1 fully saturated rings. The zero-order chi connectivity index (χ0) is 18.4. The second kappa shape index (κ2) is 9.05. The summed E-state index contributed by atoms with van der Waals surface area (Å²) >= 11 is 2.90. The Balaban J connectivity index is 1.55. The van der Waals surface area contributed by atoms with Crippen LogP contribution in [0.1, 0.15) is 18.4 Å². The normalized spacial score (nSPS) is 13.3. The maximum absolute atomic E-state index is 12.7. The summed E-state index contributed by atoms with van der Waals surface area (Å²) in [7, 11) is 1.65. The molecule has 8 heteroatoms. The number of carbonyl (C=O) groups is 1. The van der Waals surface area contributed by atoms with Crippen LogP contribution in [0.15, 0.2) is 41.3 Å². The number of amides is 1. The molecule has 1 saturated carbocycles. The molecule has 1 amide bonds. The third-order valence-corrected chi connectivity index (χ3v) is 5.94. The Morgan fingerprint density at radius 2 is 2.19 bits per heavy atom. The van der Waals surface area contributed by atoms with Gasteiger partial charge in [0.2, 0.25) is 11.0 Å². The van der Waals surface area contributed by atoms with Gasteiger partial charge >= 0.3 is 0 Å². The molecule has 1 aliphatic rings. The van der Waals surface area contributed by atoms with Gasteiger partial charge in [0.15, 0.2) is 4.34 Å². The Hall–Kier alpha value is -2.06. The first-order valence-electron chi connectivity index (χ1n) is 8.43. The molecule has 0 aliphatic heterocycles. The topological polar surface area (TPSA) is 67.4 Å². The second-order valence-corrected chi connectivity index (χ2v) is 8.13. The van der Waals surface area contributed by atoms with Crippen molar-refractivity contribution in [3.63, 3.8) is 0 Å². The van der Waals surface area contributed by atoms with Gasteiger partial charge in [-0.05, 0) is 30.5 Å². The van der Waals surface area contributed by atoms with Crippen LogP contribution < -0.4 is 10.1 Å². The van der Waals surface area contributed by atoms with E-state index in [-0.39, 0.29) is 5.91 Å². The molecule has 138 valence electrons. The van der Waals surface area contributed by atoms with Crippen LogP contribution in [-0.2, 0) is 11.3 Å². The quantitative estimate of drug-likeness (QED) is 0.495. The van der Waals surface area contributed by atoms with E-state index < -0.39 is 0 Å². The van der Waals surface area contributed by atoms with Gasteiger partial charge < -0.3 is 15.0 Å². The van der Waals surface area contributed by atoms with E-state index in [4.69, 9.17) is 4.74 Å². The van der Waals surface area contributed by atoms with E-state index in [9.17, 15) is 4.79 Å². The van der Waals surface area contributed by atoms with Gasteiger partial charge in [-0.2, -0.15) is 0 Å². The number of thioether (sulfide) groups is 1. The summed E-state index contributed by atoms with van der Waals surface area (Å²) in [6.45, 7) is 4.94. The summed E-state index contributed by atoms with van der Waals surface area (Å²) < 4.78 is 5.99. The van der Waals surface area contributed by atoms with Gasteiger partial charge in [-0.15, -0.1) is 16.8 Å². The average molecular weight is 391 g/mol. The van der Waals surface area contributed by atoms with Gasteiger partial charge in [0.25, 0.3) is 0 Å². The van der Waals surface area contributed by atoms with E-state index >= 15 is 0 Å². The number of benzene rings is 1. The van der Waals surface area contributed by atoms with Gasteiger partial charge in [-0.3, -0.25) is 4.79 Å². The number of carbonyl (C=O) groups excluding carboxylic acids is 1. The largest absolute Gasteiger partial charge is 0.497 e. The summed E-state index contributed by atoms with van der Waals surface area (Å²) in [6, 6.07) is 8.25. The number of anilines is 1. The molecule has 0 atom stereocenters. The molecule has 0 unspecified atom stereocenters. The highest BCUT2D eigenvalue weighted by molar-refractivity contribution is 8.01. The van der Waals surface area contributed by atoms with Crippen LogP contribution in [-0.4, -0.2) is 46.5 Å². The third-order valence-electron chi connectivity index (χ3n) is 3.94. The highest BCUT2D eigenvalue weighted by Crippen LogP contribution is 2.31. The maximum atomic E-state index is 12.7. The lowest BCUT2D eigenvalue weighted by atomic mass is 10.2. The highest BCUT2D eigenvalue weighted by atomic mass is 32.2. The molecule has 0 saturated heterocycles. The number of hydrogen-bond donors (Lipinski definition) is 1. The van der Waals surface area contributed by atoms with Crippen LogP contribution in [0.25, 0.3) is 0 Å². The van der Waals surface area contributed by atoms with E-state index in [1.807, 2.05) is 29.2 Å². The fourth-order valence-corrected chi connectivity index (χ4v) is 4.08. The van der Waals surface area contributed by atoms with Gasteiger partial charge in [0, 0.05) is 19.1 Å². The van der Waals surface area contributed by atoms with Gasteiger partial charge in [0.1, 0.15) is 5.75 Å². The zero-order valence-electron chi connectivity index (χ0n) is 14.7. The van der Waals surface area contributed by atoms with Crippen LogP contribution >= 0.6 is 23.1 Å². The molecule has 1 N–H and O–H groups in total. The summed E-state index contributed by atoms with van der Waals surface area (Å²) in [6.07, 6.45) is 3.94. The van der Waals surface area contributed by atoms with Crippen LogP contribution in [0.5, 0.6) is 5.75 Å². The molecule has 1 aliphatic carbocycles. The van der Waals surface area contributed by atoms with Crippen molar-refractivity contribution in [1.29, 1.82) is 0 Å². The molecule has 1 aromatic heterocycles. The molecule has 1 aromatic carbocycles. The number of rotatable bonds is 10. The predicted octanol–water partition coefficient (Wildman–Crippen LogP) is 3.43. The number of aromatic nitrogens is 2. The minimum atomic E-state index is 0.143. The Morgan fingerprint density at radius 3 is 2.85 bits per heavy atom. The Labute approximate surface area is 161 Å². The van der Waals surface area contributed by atoms with Crippen LogP contribution in [0, 0.1) is 0 Å². The minimum Gasteiger partial charge on any atom is -0.497 e. The number of nitrogens with zero attached hydrogens (tertiary/aromatic N) is 3. The smallest absolute Gasteiger partial charge is 0.233 e. The lowest BCUT2D eigenvalue weighted by Crippen LogP contribution is -2.33. The number of hydrogen-bond acceptors (Lipinski definition) is 7. The van der Waals surface area contributed by atoms with E-state index in [1.165, 1.54) is 23.1 Å². The first kappa shape index (κ1) is 18.7. The number of ether oxygens (including phenoxy) is 1. The van der Waals surface area contributed by atoms with E-state index in [2.05, 4.69) is 22.1 Å². The van der Waals surface area contributed by atoms with Crippen molar-refractivity contribution in [3.8, 4) is 5.75 Å². The SMILES string of the molecule is C=CCNc1nnc(SCC(=O)N(Cc2ccc(OC)cc2)C2CC2)s1. The van der Waals surface area contributed by atoms with Gasteiger partial charge in [0.05, 0.1) is 12.9 Å². The second-order valence-electron chi connectivity index (χ2n) is 5.93. The van der Waals surface area contributed by atoms with Gasteiger partial charge in [-0.25, -0.2) is 0 Å². The van der Waals surface area contributed by atoms with Crippen molar-refractivity contribution in [2.24, 2.45) is 0 Å². The van der Waals surface area contributed by atoms with Crippen molar-refractivity contribution >= 4 is 34.1 Å². The molecule has 26 heavy (non-hydrogen) atoms. The van der Waals surface area contributed by atoms with Crippen molar-refractivity contribution in [2.45, 2.75) is 29.8 Å². The van der Waals surface area contributed by atoms with Crippen molar-refractivity contribution in [1.82, 2.24) is 15.1 Å². The van der Waals surface area contributed by atoms with E-state index in [0.29, 0.717) is 24.9 Å². The molecular weight excluding hydrogens is 368 g/mol. The van der Waals surface area contributed by atoms with Gasteiger partial charge in [-0.1, -0.05) is 41.3 Å². The fourth-order valence-electron chi connectivity index (χ4n) is 2.44. The van der Waals surface area contributed by atoms with E-state index in [0.717, 1.165) is 33.6 Å². The van der Waals surface area contributed by atoms with Crippen molar-refractivity contribution < 1.29 is 9.53 Å². The highest BCUT2D eigenvalue weighted by Gasteiger charge is 2.32. The Bertz CT molecular complexity index is 744. The van der Waals surface area contributed by atoms with Crippen LogP contribution in [0.3, 0.4) is 0 Å².